The molecule has 2 aromatic heterocycles. The smallest absolute Gasteiger partial charge is 0.233 e. The molecule has 1 N–H and O–H groups in total. The fraction of sp³-hybridized carbons (Fsp3) is 0.448. The molecule has 3 aromatic rings. The average molecular weight is 515 g/mol. The number of nitrogens with one attached hydrogen (secondary N) is 1. The molecule has 0 aliphatic carbocycles. The Hall–Kier alpha value is -3.88. The fourth-order valence-corrected chi connectivity index (χ4v) is 6.37. The largest absolute Gasteiger partial charge is 0.496 e. The van der Waals surface area contributed by atoms with Gasteiger partial charge < -0.3 is 19.4 Å². The Balaban J connectivity index is 1.07. The van der Waals surface area contributed by atoms with Crippen LogP contribution in [0.25, 0.3) is 11.1 Å². The van der Waals surface area contributed by atoms with E-state index < -0.39 is 0 Å². The van der Waals surface area contributed by atoms with E-state index in [1.165, 1.54) is 5.69 Å². The van der Waals surface area contributed by atoms with Crippen LogP contribution >= 0.6 is 0 Å². The molecule has 0 saturated carbocycles. The summed E-state index contributed by atoms with van der Waals surface area (Å²) in [5.74, 6) is 1.22. The number of aromatic nitrogens is 3. The number of nitrogens with zero attached hydrogens (tertiary/aromatic N) is 5. The van der Waals surface area contributed by atoms with Crippen LogP contribution in [0.5, 0.6) is 5.75 Å². The summed E-state index contributed by atoms with van der Waals surface area (Å²) in [6, 6.07) is 9.96. The van der Waals surface area contributed by atoms with Gasteiger partial charge >= 0.3 is 0 Å². The van der Waals surface area contributed by atoms with Crippen molar-refractivity contribution in [3.63, 3.8) is 0 Å². The Labute approximate surface area is 222 Å². The van der Waals surface area contributed by atoms with E-state index in [9.17, 15) is 9.59 Å². The van der Waals surface area contributed by atoms with Gasteiger partial charge in [0.25, 0.3) is 0 Å². The van der Waals surface area contributed by atoms with Crippen molar-refractivity contribution in [3.8, 4) is 16.9 Å². The van der Waals surface area contributed by atoms with Gasteiger partial charge in [-0.1, -0.05) is 0 Å². The second-order valence-corrected chi connectivity index (χ2v) is 10.7. The molecular weight excluding hydrogens is 480 g/mol. The zero-order valence-electron chi connectivity index (χ0n) is 21.8. The number of carbonyl (C=O) groups excluding carboxylic acids is 2. The second-order valence-electron chi connectivity index (χ2n) is 10.7. The highest BCUT2D eigenvalue weighted by atomic mass is 16.5. The van der Waals surface area contributed by atoms with E-state index in [0.717, 1.165) is 62.0 Å². The average Bonchev–Trinajstić information content (AvgIpc) is 3.62. The minimum absolute atomic E-state index is 0.0686. The van der Waals surface area contributed by atoms with Gasteiger partial charge in [-0.25, -0.2) is 0 Å². The zero-order valence-corrected chi connectivity index (χ0v) is 21.8. The monoisotopic (exact) mass is 514 g/mol. The van der Waals surface area contributed by atoms with Crippen molar-refractivity contribution in [2.45, 2.75) is 32.1 Å². The van der Waals surface area contributed by atoms with Crippen LogP contribution in [0.2, 0.25) is 0 Å². The molecule has 9 nitrogen and oxygen atoms in total. The quantitative estimate of drug-likeness (QED) is 0.558. The van der Waals surface area contributed by atoms with Crippen molar-refractivity contribution < 1.29 is 14.3 Å². The Kier molecular flexibility index (Phi) is 6.51. The van der Waals surface area contributed by atoms with Crippen LogP contribution in [0, 0.1) is 11.3 Å². The van der Waals surface area contributed by atoms with E-state index in [1.54, 1.807) is 13.3 Å². The number of rotatable bonds is 5. The lowest BCUT2D eigenvalue weighted by Crippen LogP contribution is -2.49. The second kappa shape index (κ2) is 10.1. The number of ether oxygens (including phenoxy) is 1. The molecule has 2 amide bonds. The van der Waals surface area contributed by atoms with Crippen LogP contribution in [-0.2, 0) is 9.59 Å². The topological polar surface area (TPSA) is 94.7 Å². The maximum Gasteiger partial charge on any atom is 0.233 e. The molecule has 6 rings (SSSR count). The highest BCUT2D eigenvalue weighted by Crippen LogP contribution is 2.44. The molecule has 3 saturated heterocycles. The number of hydrogen-bond acceptors (Lipinski definition) is 6. The number of likely N-dealkylation sites (tertiary alicyclic amines) is 1. The summed E-state index contributed by atoms with van der Waals surface area (Å²) >= 11 is 0. The van der Waals surface area contributed by atoms with E-state index in [-0.39, 0.29) is 23.1 Å². The molecule has 5 heterocycles. The van der Waals surface area contributed by atoms with E-state index in [4.69, 9.17) is 4.74 Å². The Bertz CT molecular complexity index is 1280. The van der Waals surface area contributed by atoms with Crippen molar-refractivity contribution in [2.24, 2.45) is 11.3 Å². The molecule has 3 aliphatic heterocycles. The van der Waals surface area contributed by atoms with Gasteiger partial charge in [-0.15, -0.1) is 0 Å². The number of pyridine rings is 1. The predicted molar refractivity (Wildman–Crippen MR) is 145 cm³/mol. The van der Waals surface area contributed by atoms with Crippen LogP contribution in [0.3, 0.4) is 0 Å². The number of benzene rings is 1. The van der Waals surface area contributed by atoms with Crippen LogP contribution in [-0.4, -0.2) is 71.7 Å². The van der Waals surface area contributed by atoms with Crippen molar-refractivity contribution in [1.82, 2.24) is 20.1 Å². The van der Waals surface area contributed by atoms with Gasteiger partial charge in [0.05, 0.1) is 18.7 Å². The lowest BCUT2D eigenvalue weighted by molar-refractivity contribution is -0.141. The third-order valence-corrected chi connectivity index (χ3v) is 8.72. The molecular formula is C29H34N6O3. The summed E-state index contributed by atoms with van der Waals surface area (Å²) in [5.41, 5.74) is 3.53. The summed E-state index contributed by atoms with van der Waals surface area (Å²) < 4.78 is 5.64. The molecule has 198 valence electrons. The standard InChI is InChI=1S/C29H34N6O3/c1-38-26-18-24(2-3-25(26)22-19-31-32-20-22)35-17-10-29(28(35)37)8-15-34(16-9-29)27(36)21-6-13-33(14-7-21)23-4-11-30-12-5-23/h2-5,11-12,18-21H,6-10,13-17H2,1H3,(H,31,32). The van der Waals surface area contributed by atoms with Gasteiger partial charge in [0.2, 0.25) is 11.8 Å². The number of methoxy groups -OCH3 is 1. The fourth-order valence-electron chi connectivity index (χ4n) is 6.37. The number of anilines is 2. The minimum atomic E-state index is -0.377. The molecule has 1 aromatic carbocycles. The summed E-state index contributed by atoms with van der Waals surface area (Å²) in [7, 11) is 1.64. The van der Waals surface area contributed by atoms with Crippen LogP contribution in [0.1, 0.15) is 32.1 Å². The molecule has 1 spiro atoms. The van der Waals surface area contributed by atoms with Gasteiger partial charge in [0.1, 0.15) is 5.75 Å². The van der Waals surface area contributed by atoms with Crippen molar-refractivity contribution in [1.29, 1.82) is 0 Å². The van der Waals surface area contributed by atoms with Gasteiger partial charge in [0, 0.05) is 85.8 Å². The Morgan fingerprint density at radius 1 is 1.00 bits per heavy atom. The normalized spacial score (nSPS) is 19.8. The van der Waals surface area contributed by atoms with Gasteiger partial charge in [-0.05, 0) is 56.4 Å². The van der Waals surface area contributed by atoms with Crippen LogP contribution in [0.4, 0.5) is 11.4 Å². The molecule has 3 fully saturated rings. The lowest BCUT2D eigenvalue weighted by atomic mass is 9.76. The highest BCUT2D eigenvalue weighted by molar-refractivity contribution is 6.00. The molecule has 0 unspecified atom stereocenters. The SMILES string of the molecule is COc1cc(N2CCC3(CCN(C(=O)C4CCN(c5ccncc5)CC4)CC3)C2=O)ccc1-c1cn[nH]c1. The maximum absolute atomic E-state index is 13.7. The zero-order chi connectivity index (χ0) is 26.1. The summed E-state index contributed by atoms with van der Waals surface area (Å²) in [5, 5.41) is 6.86. The Morgan fingerprint density at radius 3 is 2.42 bits per heavy atom. The molecule has 9 heteroatoms. The first-order valence-electron chi connectivity index (χ1n) is 13.5. The maximum atomic E-state index is 13.7. The van der Waals surface area contributed by atoms with Gasteiger partial charge in [-0.2, -0.15) is 5.10 Å². The first-order chi connectivity index (χ1) is 18.6. The third kappa shape index (κ3) is 4.40. The van der Waals surface area contributed by atoms with E-state index in [1.807, 2.05) is 58.7 Å². The van der Waals surface area contributed by atoms with Gasteiger partial charge in [0.15, 0.2) is 0 Å². The molecule has 0 radical (unpaired) electrons. The number of carbonyl (C=O) groups is 2. The van der Waals surface area contributed by atoms with Crippen molar-refractivity contribution >= 4 is 23.2 Å². The first kappa shape index (κ1) is 24.5. The highest BCUT2D eigenvalue weighted by Gasteiger charge is 2.49. The summed E-state index contributed by atoms with van der Waals surface area (Å²) in [4.78, 5) is 37.4. The third-order valence-electron chi connectivity index (χ3n) is 8.72. The lowest BCUT2D eigenvalue weighted by Gasteiger charge is -2.40. The van der Waals surface area contributed by atoms with Crippen LogP contribution in [0.15, 0.2) is 55.1 Å². The van der Waals surface area contributed by atoms with E-state index in [0.29, 0.717) is 25.4 Å². The van der Waals surface area contributed by atoms with Crippen molar-refractivity contribution in [2.75, 3.05) is 49.6 Å². The Morgan fingerprint density at radius 2 is 1.74 bits per heavy atom. The number of H-pyrrole nitrogens is 1. The van der Waals surface area contributed by atoms with E-state index >= 15 is 0 Å². The predicted octanol–water partition coefficient (Wildman–Crippen LogP) is 3.74. The molecule has 3 aliphatic rings. The van der Waals surface area contributed by atoms with Gasteiger partial charge in [-0.3, -0.25) is 19.7 Å². The summed E-state index contributed by atoms with van der Waals surface area (Å²) in [6.45, 7) is 3.77. The number of piperidine rings is 2. The molecule has 0 atom stereocenters. The molecule has 38 heavy (non-hydrogen) atoms. The summed E-state index contributed by atoms with van der Waals surface area (Å²) in [6.07, 6.45) is 11.2. The van der Waals surface area contributed by atoms with E-state index in [2.05, 4.69) is 20.1 Å². The van der Waals surface area contributed by atoms with Crippen molar-refractivity contribution in [3.05, 3.63) is 55.1 Å². The minimum Gasteiger partial charge on any atom is -0.496 e. The number of amides is 2. The molecule has 0 bridgehead atoms. The van der Waals surface area contributed by atoms with Crippen LogP contribution < -0.4 is 14.5 Å². The first-order valence-corrected chi connectivity index (χ1v) is 13.5. The number of hydrogen-bond donors (Lipinski definition) is 1. The number of aromatic amines is 1.